The predicted molar refractivity (Wildman–Crippen MR) is 77.1 cm³/mol. The van der Waals surface area contributed by atoms with E-state index in [1.807, 2.05) is 0 Å². The fourth-order valence-electron chi connectivity index (χ4n) is 2.26. The van der Waals surface area contributed by atoms with E-state index in [4.69, 9.17) is 9.25 Å². The fraction of sp³-hybridized carbons (Fsp3) is 0.125. The largest absolute Gasteiger partial charge is 0.463 e. The smallest absolute Gasteiger partial charge is 0.399 e. The van der Waals surface area contributed by atoms with Crippen LogP contribution in [0.15, 0.2) is 34.7 Å². The van der Waals surface area contributed by atoms with E-state index in [0.29, 0.717) is 10.6 Å². The first-order chi connectivity index (χ1) is 11.4. The predicted octanol–water partition coefficient (Wildman–Crippen LogP) is 1.74. The average Bonchev–Trinajstić information content (AvgIpc) is 3.08. The number of carbonyl (C=O) groups excluding carboxylic acids is 4. The van der Waals surface area contributed by atoms with Crippen molar-refractivity contribution in [3.8, 4) is 0 Å². The molecule has 24 heavy (non-hydrogen) atoms. The molecule has 8 heteroatoms. The molecule has 1 aliphatic rings. The van der Waals surface area contributed by atoms with Crippen molar-refractivity contribution in [2.45, 2.75) is 6.92 Å². The van der Waals surface area contributed by atoms with Crippen LogP contribution < -0.4 is 0 Å². The maximum Gasteiger partial charge on any atom is 0.399 e. The molecule has 0 fully saturated rings. The highest BCUT2D eigenvalue weighted by Crippen LogP contribution is 2.24. The van der Waals surface area contributed by atoms with E-state index in [0.717, 1.165) is 7.11 Å². The van der Waals surface area contributed by atoms with E-state index >= 15 is 0 Å². The van der Waals surface area contributed by atoms with Gasteiger partial charge in [-0.1, -0.05) is 17.2 Å². The molecule has 2 aromatic rings. The van der Waals surface area contributed by atoms with Crippen molar-refractivity contribution in [1.29, 1.82) is 0 Å². The number of hydrogen-bond donors (Lipinski definition) is 0. The van der Waals surface area contributed by atoms with Crippen LogP contribution in [0.1, 0.15) is 47.4 Å². The van der Waals surface area contributed by atoms with Gasteiger partial charge in [-0.25, -0.2) is 9.59 Å². The highest BCUT2D eigenvalue weighted by molar-refractivity contribution is 6.21. The third-order valence-electron chi connectivity index (χ3n) is 3.42. The lowest BCUT2D eigenvalue weighted by atomic mass is 10.1. The Kier molecular flexibility index (Phi) is 3.64. The van der Waals surface area contributed by atoms with Gasteiger partial charge in [0, 0.05) is 5.56 Å². The maximum atomic E-state index is 12.2. The molecule has 0 radical (unpaired) electrons. The first kappa shape index (κ1) is 15.5. The standard InChI is InChI=1S/C16H11NO7/c1-8-7-11(15(20)22-2)23-12(8)16(21)24-17-13(18)9-5-3-4-6-10(9)14(17)19/h3-7H,1-2H3. The molecule has 2 heterocycles. The molecule has 1 aliphatic heterocycles. The van der Waals surface area contributed by atoms with Gasteiger partial charge in [0.25, 0.3) is 11.8 Å². The van der Waals surface area contributed by atoms with Crippen LogP contribution >= 0.6 is 0 Å². The van der Waals surface area contributed by atoms with Crippen LogP contribution in [0.2, 0.25) is 0 Å². The summed E-state index contributed by atoms with van der Waals surface area (Å²) < 4.78 is 9.58. The first-order valence-corrected chi connectivity index (χ1v) is 6.83. The zero-order valence-corrected chi connectivity index (χ0v) is 12.7. The summed E-state index contributed by atoms with van der Waals surface area (Å²) in [4.78, 5) is 52.7. The number of aryl methyl sites for hydroxylation is 1. The molecule has 0 bridgehead atoms. The molecule has 0 spiro atoms. The molecule has 0 N–H and O–H groups in total. The van der Waals surface area contributed by atoms with Crippen molar-refractivity contribution in [3.05, 3.63) is 58.5 Å². The molecular formula is C16H11NO7. The van der Waals surface area contributed by atoms with Gasteiger partial charge in [0.05, 0.1) is 18.2 Å². The summed E-state index contributed by atoms with van der Waals surface area (Å²) in [7, 11) is 1.16. The molecule has 8 nitrogen and oxygen atoms in total. The Bertz CT molecular complexity index is 845. The minimum Gasteiger partial charge on any atom is -0.463 e. The number of esters is 1. The third kappa shape index (κ3) is 2.34. The van der Waals surface area contributed by atoms with Crippen LogP contribution in [0.5, 0.6) is 0 Å². The van der Waals surface area contributed by atoms with Crippen LogP contribution in [0.4, 0.5) is 0 Å². The van der Waals surface area contributed by atoms with Crippen LogP contribution in [-0.2, 0) is 9.57 Å². The summed E-state index contributed by atoms with van der Waals surface area (Å²) in [6, 6.07) is 7.39. The number of hydroxylamine groups is 2. The second-order valence-corrected chi connectivity index (χ2v) is 4.94. The lowest BCUT2D eigenvalue weighted by Gasteiger charge is -2.11. The zero-order chi connectivity index (χ0) is 17.4. The van der Waals surface area contributed by atoms with Gasteiger partial charge in [-0.3, -0.25) is 9.59 Å². The Morgan fingerprint density at radius 1 is 1.04 bits per heavy atom. The number of carbonyl (C=O) groups is 4. The van der Waals surface area contributed by atoms with E-state index in [2.05, 4.69) is 4.74 Å². The van der Waals surface area contributed by atoms with Gasteiger partial charge >= 0.3 is 11.9 Å². The van der Waals surface area contributed by atoms with Gasteiger partial charge in [0.15, 0.2) is 0 Å². The van der Waals surface area contributed by atoms with Gasteiger partial charge in [-0.15, -0.1) is 0 Å². The molecular weight excluding hydrogens is 318 g/mol. The Morgan fingerprint density at radius 2 is 1.62 bits per heavy atom. The molecule has 2 amide bonds. The van der Waals surface area contributed by atoms with Crippen LogP contribution in [0, 0.1) is 6.92 Å². The number of ether oxygens (including phenoxy) is 1. The van der Waals surface area contributed by atoms with E-state index in [9.17, 15) is 19.2 Å². The Balaban J connectivity index is 1.84. The van der Waals surface area contributed by atoms with Crippen molar-refractivity contribution in [2.24, 2.45) is 0 Å². The zero-order valence-electron chi connectivity index (χ0n) is 12.7. The monoisotopic (exact) mass is 329 g/mol. The van der Waals surface area contributed by atoms with Crippen molar-refractivity contribution in [3.63, 3.8) is 0 Å². The number of amides is 2. The van der Waals surface area contributed by atoms with Gasteiger partial charge < -0.3 is 14.0 Å². The number of methoxy groups -OCH3 is 1. The maximum absolute atomic E-state index is 12.2. The number of benzene rings is 1. The van der Waals surface area contributed by atoms with E-state index < -0.39 is 23.8 Å². The Morgan fingerprint density at radius 3 is 2.17 bits per heavy atom. The number of rotatable bonds is 3. The molecule has 0 atom stereocenters. The molecule has 122 valence electrons. The summed E-state index contributed by atoms with van der Waals surface area (Å²) in [5.74, 6) is -3.82. The highest BCUT2D eigenvalue weighted by atomic mass is 16.7. The van der Waals surface area contributed by atoms with Crippen molar-refractivity contribution in [2.75, 3.05) is 7.11 Å². The summed E-state index contributed by atoms with van der Waals surface area (Å²) >= 11 is 0. The van der Waals surface area contributed by atoms with Crippen LogP contribution in [-0.4, -0.2) is 35.9 Å². The van der Waals surface area contributed by atoms with Crippen molar-refractivity contribution in [1.82, 2.24) is 5.06 Å². The second-order valence-electron chi connectivity index (χ2n) is 4.94. The van der Waals surface area contributed by atoms with Gasteiger partial charge in [0.1, 0.15) is 0 Å². The number of furan rings is 1. The first-order valence-electron chi connectivity index (χ1n) is 6.83. The van der Waals surface area contributed by atoms with E-state index in [1.54, 1.807) is 12.1 Å². The van der Waals surface area contributed by atoms with Crippen LogP contribution in [0.3, 0.4) is 0 Å². The highest BCUT2D eigenvalue weighted by Gasteiger charge is 2.39. The van der Waals surface area contributed by atoms with Crippen LogP contribution in [0.25, 0.3) is 0 Å². The molecule has 0 saturated carbocycles. The number of fused-ring (bicyclic) bond motifs is 1. The molecule has 0 unspecified atom stereocenters. The van der Waals surface area contributed by atoms with Gasteiger partial charge in [0.2, 0.25) is 11.5 Å². The number of hydrogen-bond acceptors (Lipinski definition) is 7. The minimum absolute atomic E-state index is 0.140. The molecule has 0 saturated heterocycles. The minimum atomic E-state index is -1.07. The normalized spacial score (nSPS) is 13.0. The van der Waals surface area contributed by atoms with Crippen molar-refractivity contribution >= 4 is 23.8 Å². The summed E-state index contributed by atoms with van der Waals surface area (Å²) in [6.45, 7) is 1.51. The topological polar surface area (TPSA) is 103 Å². The van der Waals surface area contributed by atoms with E-state index in [-0.39, 0.29) is 22.6 Å². The summed E-state index contributed by atoms with van der Waals surface area (Å²) in [5, 5.41) is 0.368. The lowest BCUT2D eigenvalue weighted by molar-refractivity contribution is -0.0604. The third-order valence-corrected chi connectivity index (χ3v) is 3.42. The SMILES string of the molecule is COC(=O)c1cc(C)c(C(=O)ON2C(=O)c3ccccc3C2=O)o1. The summed E-state index contributed by atoms with van der Waals surface area (Å²) in [5.41, 5.74) is 0.584. The van der Waals surface area contributed by atoms with Crippen molar-refractivity contribution < 1.29 is 33.2 Å². The number of imide groups is 1. The second kappa shape index (κ2) is 5.65. The Hall–Kier alpha value is -3.42. The van der Waals surface area contributed by atoms with Gasteiger partial charge in [-0.05, 0) is 25.1 Å². The summed E-state index contributed by atoms with van der Waals surface area (Å²) in [6.07, 6.45) is 0. The Labute approximate surface area is 135 Å². The quantitative estimate of drug-likeness (QED) is 0.624. The number of nitrogens with zero attached hydrogens (tertiary/aromatic N) is 1. The molecule has 1 aromatic carbocycles. The molecule has 1 aromatic heterocycles. The van der Waals surface area contributed by atoms with Gasteiger partial charge in [-0.2, -0.15) is 0 Å². The van der Waals surface area contributed by atoms with E-state index in [1.165, 1.54) is 25.1 Å². The lowest BCUT2D eigenvalue weighted by Crippen LogP contribution is -2.32. The average molecular weight is 329 g/mol. The molecule has 3 rings (SSSR count). The fourth-order valence-corrected chi connectivity index (χ4v) is 2.26. The molecule has 0 aliphatic carbocycles.